The Hall–Kier alpha value is -3.37. The standard InChI is InChI=1S/C30H36BrN3O5S/c1-5-22(2)32-30(36)28(19-23-9-7-6-8-10-23)33(20-24-11-13-25(31)14-12-24)29(35)21-34(40(4,37)38)26-15-17-27(39-3)18-16-26/h6-18,22,28H,5,19-21H2,1-4H3,(H,32,36). The Bertz CT molecular complexity index is 1370. The third kappa shape index (κ3) is 8.82. The molecule has 1 N–H and O–H groups in total. The van der Waals surface area contributed by atoms with E-state index in [1.54, 1.807) is 24.3 Å². The Kier molecular flexibility index (Phi) is 11.2. The van der Waals surface area contributed by atoms with Crippen molar-refractivity contribution in [3.05, 3.63) is 94.5 Å². The summed E-state index contributed by atoms with van der Waals surface area (Å²) in [6.07, 6.45) is 2.05. The minimum Gasteiger partial charge on any atom is -0.497 e. The number of methoxy groups -OCH3 is 1. The van der Waals surface area contributed by atoms with Crippen molar-refractivity contribution in [1.29, 1.82) is 0 Å². The molecule has 10 heteroatoms. The average molecular weight is 631 g/mol. The summed E-state index contributed by atoms with van der Waals surface area (Å²) < 4.78 is 32.8. The van der Waals surface area contributed by atoms with E-state index in [4.69, 9.17) is 4.74 Å². The maximum atomic E-state index is 14.1. The number of sulfonamides is 1. The molecule has 214 valence electrons. The molecule has 0 saturated heterocycles. The van der Waals surface area contributed by atoms with E-state index < -0.39 is 28.5 Å². The van der Waals surface area contributed by atoms with Gasteiger partial charge in [0.25, 0.3) is 0 Å². The Morgan fingerprint density at radius 2 is 1.57 bits per heavy atom. The first-order valence-corrected chi connectivity index (χ1v) is 15.7. The second-order valence-corrected chi connectivity index (χ2v) is 12.5. The molecule has 0 saturated carbocycles. The smallest absolute Gasteiger partial charge is 0.244 e. The highest BCUT2D eigenvalue weighted by molar-refractivity contribution is 9.10. The number of halogens is 1. The van der Waals surface area contributed by atoms with Gasteiger partial charge in [0, 0.05) is 23.5 Å². The second kappa shape index (κ2) is 14.3. The molecule has 40 heavy (non-hydrogen) atoms. The first-order valence-electron chi connectivity index (χ1n) is 13.0. The monoisotopic (exact) mass is 629 g/mol. The van der Waals surface area contributed by atoms with E-state index in [0.29, 0.717) is 11.4 Å². The number of hydrogen-bond acceptors (Lipinski definition) is 5. The summed E-state index contributed by atoms with van der Waals surface area (Å²) in [6, 6.07) is 22.4. The van der Waals surface area contributed by atoms with E-state index in [9.17, 15) is 18.0 Å². The van der Waals surface area contributed by atoms with Crippen molar-refractivity contribution in [1.82, 2.24) is 10.2 Å². The van der Waals surface area contributed by atoms with Gasteiger partial charge in [-0.15, -0.1) is 0 Å². The molecule has 0 aliphatic heterocycles. The molecular weight excluding hydrogens is 594 g/mol. The number of nitrogens with zero attached hydrogens (tertiary/aromatic N) is 2. The fraction of sp³-hybridized carbons (Fsp3) is 0.333. The molecule has 8 nitrogen and oxygen atoms in total. The maximum Gasteiger partial charge on any atom is 0.244 e. The average Bonchev–Trinajstić information content (AvgIpc) is 2.94. The van der Waals surface area contributed by atoms with Crippen LogP contribution in [0.25, 0.3) is 0 Å². The lowest BCUT2D eigenvalue weighted by atomic mass is 10.0. The van der Waals surface area contributed by atoms with Crippen LogP contribution in [0.5, 0.6) is 5.75 Å². The van der Waals surface area contributed by atoms with Gasteiger partial charge in [0.05, 0.1) is 19.1 Å². The number of carbonyl (C=O) groups is 2. The molecule has 0 radical (unpaired) electrons. The third-order valence-corrected chi connectivity index (χ3v) is 8.25. The van der Waals surface area contributed by atoms with E-state index in [0.717, 1.165) is 32.6 Å². The fourth-order valence-electron chi connectivity index (χ4n) is 4.14. The molecule has 2 amide bonds. The van der Waals surface area contributed by atoms with Crippen LogP contribution in [0.2, 0.25) is 0 Å². The number of ether oxygens (including phenoxy) is 1. The molecule has 0 heterocycles. The molecular formula is C30H36BrN3O5S. The summed E-state index contributed by atoms with van der Waals surface area (Å²) in [5.41, 5.74) is 2.01. The van der Waals surface area contributed by atoms with Crippen LogP contribution in [0.15, 0.2) is 83.3 Å². The molecule has 3 rings (SSSR count). The second-order valence-electron chi connectivity index (χ2n) is 9.64. The first kappa shape index (κ1) is 31.2. The summed E-state index contributed by atoms with van der Waals surface area (Å²) in [7, 11) is -2.32. The van der Waals surface area contributed by atoms with Crippen LogP contribution in [0.4, 0.5) is 5.69 Å². The molecule has 0 fully saturated rings. The van der Waals surface area contributed by atoms with E-state index in [2.05, 4.69) is 21.2 Å². The number of benzene rings is 3. The van der Waals surface area contributed by atoms with Gasteiger partial charge in [-0.05, 0) is 60.9 Å². The van der Waals surface area contributed by atoms with E-state index in [-0.39, 0.29) is 24.9 Å². The molecule has 2 atom stereocenters. The summed E-state index contributed by atoms with van der Waals surface area (Å²) in [6.45, 7) is 3.54. The van der Waals surface area contributed by atoms with E-state index in [1.165, 1.54) is 12.0 Å². The molecule has 0 aliphatic rings. The van der Waals surface area contributed by atoms with Crippen LogP contribution in [0.1, 0.15) is 31.4 Å². The van der Waals surface area contributed by atoms with Crippen LogP contribution >= 0.6 is 15.9 Å². The minimum atomic E-state index is -3.83. The van der Waals surface area contributed by atoms with Crippen molar-refractivity contribution >= 4 is 43.5 Å². The van der Waals surface area contributed by atoms with Crippen molar-refractivity contribution in [2.45, 2.75) is 45.3 Å². The first-order chi connectivity index (χ1) is 19.0. The number of anilines is 1. The number of carbonyl (C=O) groups excluding carboxylic acids is 2. The van der Waals surface area contributed by atoms with Crippen molar-refractivity contribution in [3.8, 4) is 5.75 Å². The van der Waals surface area contributed by atoms with Gasteiger partial charge in [-0.25, -0.2) is 8.42 Å². The summed E-state index contributed by atoms with van der Waals surface area (Å²) in [5.74, 6) is -0.228. The Labute approximate surface area is 245 Å². The molecule has 0 spiro atoms. The van der Waals surface area contributed by atoms with Gasteiger partial charge < -0.3 is 15.0 Å². The van der Waals surface area contributed by atoms with Gasteiger partial charge >= 0.3 is 0 Å². The highest BCUT2D eigenvalue weighted by Crippen LogP contribution is 2.23. The molecule has 2 unspecified atom stereocenters. The molecule has 3 aromatic carbocycles. The van der Waals surface area contributed by atoms with Crippen LogP contribution in [-0.4, -0.2) is 57.1 Å². The number of rotatable bonds is 13. The topological polar surface area (TPSA) is 96.0 Å². The van der Waals surface area contributed by atoms with Gasteiger partial charge in [-0.3, -0.25) is 13.9 Å². The van der Waals surface area contributed by atoms with Gasteiger partial charge in [0.2, 0.25) is 21.8 Å². The predicted octanol–water partition coefficient (Wildman–Crippen LogP) is 4.78. The van der Waals surface area contributed by atoms with Crippen LogP contribution in [0.3, 0.4) is 0 Å². The zero-order valence-corrected chi connectivity index (χ0v) is 25.6. The number of hydrogen-bond donors (Lipinski definition) is 1. The molecule has 0 bridgehead atoms. The zero-order chi connectivity index (χ0) is 29.3. The summed E-state index contributed by atoms with van der Waals surface area (Å²) >= 11 is 3.44. The Balaban J connectivity index is 2.04. The van der Waals surface area contributed by atoms with Crippen LogP contribution in [0, 0.1) is 0 Å². The summed E-state index contributed by atoms with van der Waals surface area (Å²) in [4.78, 5) is 29.2. The minimum absolute atomic E-state index is 0.0952. The highest BCUT2D eigenvalue weighted by atomic mass is 79.9. The normalized spacial score (nSPS) is 12.7. The lowest BCUT2D eigenvalue weighted by Gasteiger charge is -2.34. The lowest BCUT2D eigenvalue weighted by molar-refractivity contribution is -0.140. The number of amides is 2. The maximum absolute atomic E-state index is 14.1. The third-order valence-electron chi connectivity index (χ3n) is 6.58. The molecule has 3 aromatic rings. The number of nitrogens with one attached hydrogen (secondary N) is 1. The quantitative estimate of drug-likeness (QED) is 0.294. The van der Waals surface area contributed by atoms with Crippen LogP contribution in [-0.2, 0) is 32.6 Å². The van der Waals surface area contributed by atoms with Crippen molar-refractivity contribution in [2.24, 2.45) is 0 Å². The van der Waals surface area contributed by atoms with Crippen molar-refractivity contribution in [3.63, 3.8) is 0 Å². The van der Waals surface area contributed by atoms with E-state index >= 15 is 0 Å². The van der Waals surface area contributed by atoms with Crippen LogP contribution < -0.4 is 14.4 Å². The van der Waals surface area contributed by atoms with Gasteiger partial charge in [0.15, 0.2) is 0 Å². The zero-order valence-electron chi connectivity index (χ0n) is 23.2. The fourth-order valence-corrected chi connectivity index (χ4v) is 5.26. The molecule has 0 aromatic heterocycles. The van der Waals surface area contributed by atoms with Crippen molar-refractivity contribution in [2.75, 3.05) is 24.2 Å². The Morgan fingerprint density at radius 3 is 2.12 bits per heavy atom. The summed E-state index contributed by atoms with van der Waals surface area (Å²) in [5, 5.41) is 3.02. The van der Waals surface area contributed by atoms with Gasteiger partial charge in [-0.1, -0.05) is 65.3 Å². The predicted molar refractivity (Wildman–Crippen MR) is 162 cm³/mol. The van der Waals surface area contributed by atoms with Crippen molar-refractivity contribution < 1.29 is 22.7 Å². The largest absolute Gasteiger partial charge is 0.497 e. The highest BCUT2D eigenvalue weighted by Gasteiger charge is 2.33. The van der Waals surface area contributed by atoms with Gasteiger partial charge in [-0.2, -0.15) is 0 Å². The van der Waals surface area contributed by atoms with Gasteiger partial charge in [0.1, 0.15) is 18.3 Å². The molecule has 0 aliphatic carbocycles. The Morgan fingerprint density at radius 1 is 0.950 bits per heavy atom. The lowest BCUT2D eigenvalue weighted by Crippen LogP contribution is -2.54. The SMILES string of the molecule is CCC(C)NC(=O)C(Cc1ccccc1)N(Cc1ccc(Br)cc1)C(=O)CN(c1ccc(OC)cc1)S(C)(=O)=O. The van der Waals surface area contributed by atoms with E-state index in [1.807, 2.05) is 68.4 Å².